The Kier molecular flexibility index (Phi) is 12.4. The van der Waals surface area contributed by atoms with Crippen molar-refractivity contribution in [3.8, 4) is 0 Å². The normalized spacial score (nSPS) is 23.8. The highest BCUT2D eigenvalue weighted by Crippen LogP contribution is 2.27. The van der Waals surface area contributed by atoms with Crippen LogP contribution in [0.1, 0.15) is 63.1 Å². The Morgan fingerprint density at radius 1 is 1.27 bits per heavy atom. The van der Waals surface area contributed by atoms with Crippen LogP contribution in [0.3, 0.4) is 0 Å². The second kappa shape index (κ2) is 14.2. The average molecular weight is 566 g/mol. The summed E-state index contributed by atoms with van der Waals surface area (Å²) >= 11 is 3.82. The number of guanidine groups is 1. The molecule has 30 heavy (non-hydrogen) atoms. The molecule has 0 bridgehead atoms. The fourth-order valence-corrected chi connectivity index (χ4v) is 5.93. The lowest BCUT2D eigenvalue weighted by atomic mass is 9.95. The Labute approximate surface area is 208 Å². The summed E-state index contributed by atoms with van der Waals surface area (Å²) in [5.74, 6) is 1.73. The van der Waals surface area contributed by atoms with Crippen LogP contribution in [0, 0.1) is 5.92 Å². The van der Waals surface area contributed by atoms with E-state index in [2.05, 4.69) is 41.0 Å². The van der Waals surface area contributed by atoms with Gasteiger partial charge in [0, 0.05) is 36.3 Å². The summed E-state index contributed by atoms with van der Waals surface area (Å²) in [5, 5.41) is 11.5. The molecule has 0 aromatic carbocycles. The molecule has 5 nitrogen and oxygen atoms in total. The second-order valence-electron chi connectivity index (χ2n) is 8.39. The molecule has 1 aliphatic carbocycles. The minimum Gasteiger partial charge on any atom is -0.357 e. The summed E-state index contributed by atoms with van der Waals surface area (Å²) in [6.45, 7) is 9.55. The Morgan fingerprint density at radius 3 is 2.73 bits per heavy atom. The van der Waals surface area contributed by atoms with E-state index in [1.54, 1.807) is 11.3 Å². The van der Waals surface area contributed by atoms with Crippen molar-refractivity contribution in [2.24, 2.45) is 10.9 Å². The maximum atomic E-state index is 4.96. The number of aromatic nitrogens is 1. The van der Waals surface area contributed by atoms with Crippen LogP contribution in [-0.2, 0) is 13.0 Å². The lowest BCUT2D eigenvalue weighted by molar-refractivity contribution is 0.179. The number of nitrogens with zero attached hydrogens (tertiary/aromatic N) is 3. The van der Waals surface area contributed by atoms with Crippen molar-refractivity contribution >= 4 is 53.0 Å². The van der Waals surface area contributed by atoms with E-state index in [0.29, 0.717) is 12.0 Å². The SMILES string of the molecule is CCNC(=NCC1CCN(Cc2csc(CC)n2)CC1)NC1CCCC(SC)C1.I. The van der Waals surface area contributed by atoms with Crippen LogP contribution in [0.2, 0.25) is 0 Å². The number of nitrogens with one attached hydrogen (secondary N) is 2. The van der Waals surface area contributed by atoms with Gasteiger partial charge in [0.25, 0.3) is 0 Å². The summed E-state index contributed by atoms with van der Waals surface area (Å²) < 4.78 is 0. The zero-order valence-electron chi connectivity index (χ0n) is 18.9. The molecule has 2 heterocycles. The number of hydrogen-bond acceptors (Lipinski definition) is 5. The number of aryl methyl sites for hydroxylation is 1. The van der Waals surface area contributed by atoms with E-state index in [4.69, 9.17) is 9.98 Å². The third kappa shape index (κ3) is 8.47. The van der Waals surface area contributed by atoms with E-state index in [9.17, 15) is 0 Å². The highest BCUT2D eigenvalue weighted by atomic mass is 127. The lowest BCUT2D eigenvalue weighted by Gasteiger charge is -2.31. The predicted octanol–water partition coefficient (Wildman–Crippen LogP) is 4.76. The molecule has 2 unspecified atom stereocenters. The molecule has 2 fully saturated rings. The van der Waals surface area contributed by atoms with Gasteiger partial charge in [-0.25, -0.2) is 4.98 Å². The number of thiazole rings is 1. The Bertz CT molecular complexity index is 631. The van der Waals surface area contributed by atoms with Gasteiger partial charge in [-0.05, 0) is 70.7 Å². The molecule has 3 rings (SSSR count). The first kappa shape index (κ1) is 26.2. The molecule has 1 aliphatic heterocycles. The minimum absolute atomic E-state index is 0. The van der Waals surface area contributed by atoms with Crippen LogP contribution in [0.4, 0.5) is 0 Å². The Morgan fingerprint density at radius 2 is 2.07 bits per heavy atom. The number of piperidine rings is 1. The van der Waals surface area contributed by atoms with Gasteiger partial charge in [-0.15, -0.1) is 35.3 Å². The molecule has 172 valence electrons. The molecule has 1 aromatic rings. The molecule has 8 heteroatoms. The van der Waals surface area contributed by atoms with E-state index >= 15 is 0 Å². The van der Waals surface area contributed by atoms with Gasteiger partial charge in [0.05, 0.1) is 10.7 Å². The largest absolute Gasteiger partial charge is 0.357 e. The average Bonchev–Trinajstić information content (AvgIpc) is 3.21. The molecule has 0 spiro atoms. The van der Waals surface area contributed by atoms with Gasteiger partial charge in [-0.2, -0.15) is 11.8 Å². The number of thioether (sulfide) groups is 1. The van der Waals surface area contributed by atoms with Crippen LogP contribution in [0.15, 0.2) is 10.4 Å². The fraction of sp³-hybridized carbons (Fsp3) is 0.818. The van der Waals surface area contributed by atoms with Gasteiger partial charge in [-0.3, -0.25) is 9.89 Å². The molecule has 1 aromatic heterocycles. The summed E-state index contributed by atoms with van der Waals surface area (Å²) in [5.41, 5.74) is 1.25. The van der Waals surface area contributed by atoms with Crippen molar-refractivity contribution in [1.29, 1.82) is 0 Å². The monoisotopic (exact) mass is 565 g/mol. The van der Waals surface area contributed by atoms with Crippen molar-refractivity contribution in [3.05, 3.63) is 16.1 Å². The molecule has 2 aliphatic rings. The van der Waals surface area contributed by atoms with Gasteiger partial charge in [-0.1, -0.05) is 13.3 Å². The zero-order chi connectivity index (χ0) is 20.5. The van der Waals surface area contributed by atoms with Crippen molar-refractivity contribution in [2.45, 2.75) is 76.6 Å². The van der Waals surface area contributed by atoms with Gasteiger partial charge in [0.15, 0.2) is 5.96 Å². The van der Waals surface area contributed by atoms with Gasteiger partial charge < -0.3 is 10.6 Å². The molecule has 0 radical (unpaired) electrons. The number of likely N-dealkylation sites (tertiary alicyclic amines) is 1. The minimum atomic E-state index is 0. The summed E-state index contributed by atoms with van der Waals surface area (Å²) in [6.07, 6.45) is 11.0. The van der Waals surface area contributed by atoms with Crippen LogP contribution in [0.5, 0.6) is 0 Å². The third-order valence-corrected chi connectivity index (χ3v) is 8.28. The molecular weight excluding hydrogens is 525 g/mol. The molecular formula is C22H40IN5S2. The van der Waals surface area contributed by atoms with Crippen LogP contribution >= 0.6 is 47.1 Å². The van der Waals surface area contributed by atoms with E-state index in [1.807, 2.05) is 11.8 Å². The molecule has 0 amide bonds. The van der Waals surface area contributed by atoms with Crippen molar-refractivity contribution in [3.63, 3.8) is 0 Å². The molecule has 2 atom stereocenters. The number of hydrogen-bond donors (Lipinski definition) is 2. The number of aliphatic imine (C=N–C) groups is 1. The maximum Gasteiger partial charge on any atom is 0.191 e. The Hall–Kier alpha value is -0.0600. The first-order valence-corrected chi connectivity index (χ1v) is 13.6. The molecule has 1 saturated carbocycles. The van der Waals surface area contributed by atoms with Crippen molar-refractivity contribution < 1.29 is 0 Å². The van der Waals surface area contributed by atoms with Crippen molar-refractivity contribution in [2.75, 3.05) is 32.4 Å². The summed E-state index contributed by atoms with van der Waals surface area (Å²) in [7, 11) is 0. The van der Waals surface area contributed by atoms with Crippen LogP contribution in [0.25, 0.3) is 0 Å². The topological polar surface area (TPSA) is 52.6 Å². The fourth-order valence-electron chi connectivity index (χ4n) is 4.36. The summed E-state index contributed by atoms with van der Waals surface area (Å²) in [4.78, 5) is 12.2. The van der Waals surface area contributed by atoms with Crippen LogP contribution < -0.4 is 10.6 Å². The van der Waals surface area contributed by atoms with Crippen molar-refractivity contribution in [1.82, 2.24) is 20.5 Å². The highest BCUT2D eigenvalue weighted by Gasteiger charge is 2.23. The smallest absolute Gasteiger partial charge is 0.191 e. The maximum absolute atomic E-state index is 4.96. The van der Waals surface area contributed by atoms with E-state index in [-0.39, 0.29) is 24.0 Å². The highest BCUT2D eigenvalue weighted by molar-refractivity contribution is 14.0. The van der Waals surface area contributed by atoms with E-state index in [1.165, 1.54) is 62.3 Å². The van der Waals surface area contributed by atoms with E-state index in [0.717, 1.165) is 37.3 Å². The second-order valence-corrected chi connectivity index (χ2v) is 10.5. The zero-order valence-corrected chi connectivity index (χ0v) is 22.8. The van der Waals surface area contributed by atoms with Gasteiger partial charge in [0.1, 0.15) is 0 Å². The van der Waals surface area contributed by atoms with Gasteiger partial charge in [0.2, 0.25) is 0 Å². The first-order chi connectivity index (χ1) is 14.2. The number of rotatable bonds is 8. The molecule has 2 N–H and O–H groups in total. The number of halogens is 1. The van der Waals surface area contributed by atoms with Crippen LogP contribution in [-0.4, -0.2) is 59.6 Å². The standard InChI is InChI=1S/C22H39N5S2.HI/c1-4-21-25-19(16-29-21)15-27-11-9-17(10-12-27)14-24-22(23-5-2)26-18-7-6-8-20(13-18)28-3;/h16-18,20H,4-15H2,1-3H3,(H2,23,24,26);1H. The van der Waals surface area contributed by atoms with E-state index < -0.39 is 0 Å². The van der Waals surface area contributed by atoms with Gasteiger partial charge >= 0.3 is 0 Å². The third-order valence-electron chi connectivity index (χ3n) is 6.15. The summed E-state index contributed by atoms with van der Waals surface area (Å²) in [6, 6.07) is 0.576. The quantitative estimate of drug-likeness (QED) is 0.271. The first-order valence-electron chi connectivity index (χ1n) is 11.4. The Balaban J connectivity index is 0.00000320. The predicted molar refractivity (Wildman–Crippen MR) is 144 cm³/mol. The molecule has 1 saturated heterocycles. The lowest BCUT2D eigenvalue weighted by Crippen LogP contribution is -2.46.